The van der Waals surface area contributed by atoms with Crippen LogP contribution in [0.2, 0.25) is 0 Å². The highest BCUT2D eigenvalue weighted by molar-refractivity contribution is 5.98. The van der Waals surface area contributed by atoms with Crippen molar-refractivity contribution in [3.63, 3.8) is 0 Å². The Morgan fingerprint density at radius 3 is 1.16 bits per heavy atom. The van der Waals surface area contributed by atoms with Crippen LogP contribution in [0.5, 0.6) is 0 Å². The lowest BCUT2D eigenvalue weighted by Crippen LogP contribution is -2.29. The summed E-state index contributed by atoms with van der Waals surface area (Å²) in [6, 6.07) is 83.7. The number of rotatable bonds is 5. The van der Waals surface area contributed by atoms with Crippen LogP contribution in [0.15, 0.2) is 231 Å². The Balaban J connectivity index is 1.00. The van der Waals surface area contributed by atoms with Gasteiger partial charge in [0.2, 0.25) is 0 Å². The van der Waals surface area contributed by atoms with Crippen molar-refractivity contribution in [1.29, 1.82) is 0 Å². The van der Waals surface area contributed by atoms with Gasteiger partial charge in [-0.3, -0.25) is 0 Å². The zero-order valence-corrected chi connectivity index (χ0v) is 33.3. The molecule has 2 nitrogen and oxygen atoms in total. The molecule has 0 N–H and O–H groups in total. The van der Waals surface area contributed by atoms with Gasteiger partial charge in [0.15, 0.2) is 5.82 Å². The van der Waals surface area contributed by atoms with E-state index in [0.717, 1.165) is 39.2 Å². The molecule has 10 aromatic rings. The fourth-order valence-electron chi connectivity index (χ4n) is 10.0. The molecule has 2 aliphatic carbocycles. The lowest BCUT2D eigenvalue weighted by molar-refractivity contribution is 0.775. The molecule has 12 rings (SSSR count). The summed E-state index contributed by atoms with van der Waals surface area (Å²) in [6.07, 6.45) is 0. The first kappa shape index (κ1) is 35.0. The van der Waals surface area contributed by atoms with Gasteiger partial charge in [-0.05, 0) is 102 Å². The van der Waals surface area contributed by atoms with Crippen LogP contribution in [-0.4, -0.2) is 9.97 Å². The Morgan fingerprint density at radius 2 is 0.607 bits per heavy atom. The summed E-state index contributed by atoms with van der Waals surface area (Å²) < 4.78 is 0. The van der Waals surface area contributed by atoms with Crippen LogP contribution in [-0.2, 0) is 5.41 Å². The number of aromatic nitrogens is 2. The molecule has 284 valence electrons. The van der Waals surface area contributed by atoms with Crippen molar-refractivity contribution in [3.8, 4) is 89.5 Å². The van der Waals surface area contributed by atoms with E-state index < -0.39 is 5.41 Å². The minimum Gasteiger partial charge on any atom is -0.228 e. The molecule has 0 amide bonds. The third-order valence-corrected chi connectivity index (χ3v) is 12.7. The van der Waals surface area contributed by atoms with E-state index in [1.807, 2.05) is 24.3 Å². The van der Waals surface area contributed by atoms with Crippen LogP contribution < -0.4 is 0 Å². The summed E-state index contributed by atoms with van der Waals surface area (Å²) >= 11 is 0. The van der Waals surface area contributed by atoms with Crippen molar-refractivity contribution >= 4 is 0 Å². The predicted molar refractivity (Wildman–Crippen MR) is 251 cm³/mol. The monoisotopic (exact) mass is 774 g/mol. The first-order valence-corrected chi connectivity index (χ1v) is 21.0. The quantitative estimate of drug-likeness (QED) is 0.174. The van der Waals surface area contributed by atoms with Crippen molar-refractivity contribution < 1.29 is 0 Å². The fraction of sp³-hybridized carbons (Fsp3) is 0.0169. The van der Waals surface area contributed by atoms with Gasteiger partial charge in [0, 0.05) is 16.7 Å². The number of nitrogens with zero attached hydrogens (tertiary/aromatic N) is 2. The van der Waals surface area contributed by atoms with E-state index in [-0.39, 0.29) is 0 Å². The number of benzene rings is 9. The molecular formula is C59H38N2. The van der Waals surface area contributed by atoms with E-state index in [9.17, 15) is 0 Å². The van der Waals surface area contributed by atoms with Gasteiger partial charge in [0.25, 0.3) is 0 Å². The lowest BCUT2D eigenvalue weighted by Gasteiger charge is -2.35. The molecule has 61 heavy (non-hydrogen) atoms. The molecule has 0 fully saturated rings. The Bertz CT molecular complexity index is 3190. The van der Waals surface area contributed by atoms with Crippen molar-refractivity contribution in [1.82, 2.24) is 9.97 Å². The molecule has 0 aliphatic heterocycles. The summed E-state index contributed by atoms with van der Waals surface area (Å²) in [7, 11) is 0. The first-order valence-electron chi connectivity index (χ1n) is 21.0. The second kappa shape index (κ2) is 14.1. The van der Waals surface area contributed by atoms with Crippen LogP contribution in [0.4, 0.5) is 0 Å². The highest BCUT2D eigenvalue weighted by atomic mass is 14.9. The number of hydrogen-bond acceptors (Lipinski definition) is 2. The SMILES string of the molecule is c1ccc(-c2cc(-c3cccc(-c4cccc(-c5ccc6c(c5)C5(c7ccccc7-c7ccccc7-c7ccccc75)c5ccccc5-6)c4)c3)nc(-c3ccccc3)n2)cc1. The topological polar surface area (TPSA) is 25.8 Å². The van der Waals surface area contributed by atoms with E-state index in [0.29, 0.717) is 5.82 Å². The molecule has 1 spiro atoms. The maximum Gasteiger partial charge on any atom is 0.160 e. The van der Waals surface area contributed by atoms with Gasteiger partial charge < -0.3 is 0 Å². The molecule has 1 aromatic heterocycles. The molecule has 9 aromatic carbocycles. The van der Waals surface area contributed by atoms with Gasteiger partial charge in [0.05, 0.1) is 16.8 Å². The highest BCUT2D eigenvalue weighted by Gasteiger charge is 2.49. The minimum absolute atomic E-state index is 0.519. The summed E-state index contributed by atoms with van der Waals surface area (Å²) in [5.74, 6) is 0.712. The second-order valence-corrected chi connectivity index (χ2v) is 16.0. The van der Waals surface area contributed by atoms with Crippen molar-refractivity contribution in [2.24, 2.45) is 0 Å². The molecule has 0 unspecified atom stereocenters. The fourth-order valence-corrected chi connectivity index (χ4v) is 10.0. The highest BCUT2D eigenvalue weighted by Crippen LogP contribution is 2.61. The maximum atomic E-state index is 5.13. The standard InChI is InChI=1S/C59H38N2/c1-3-17-39(18-4-1)56-38-57(61-58(60-56)40-19-5-2-6-20-40)45-24-16-23-43(36-45)41-21-15-22-42(35-41)44-33-34-51-50-29-11-14-32-54(50)59(55(51)37-44)52-30-12-9-27-48(52)46-25-7-8-26-47(46)49-28-10-13-31-53(49)59/h1-38H. The van der Waals surface area contributed by atoms with Gasteiger partial charge in [-0.1, -0.05) is 206 Å². The summed E-state index contributed by atoms with van der Waals surface area (Å²) in [6.45, 7) is 0. The molecule has 0 saturated carbocycles. The number of fused-ring (bicyclic) bond motifs is 12. The van der Waals surface area contributed by atoms with Crippen molar-refractivity contribution in [3.05, 3.63) is 253 Å². The molecule has 0 bridgehead atoms. The van der Waals surface area contributed by atoms with E-state index in [4.69, 9.17) is 9.97 Å². The van der Waals surface area contributed by atoms with Gasteiger partial charge in [0.1, 0.15) is 0 Å². The predicted octanol–water partition coefficient (Wildman–Crippen LogP) is 14.8. The average Bonchev–Trinajstić information content (AvgIpc) is 3.58. The third kappa shape index (κ3) is 5.57. The van der Waals surface area contributed by atoms with Gasteiger partial charge in [-0.25, -0.2) is 9.97 Å². The molecule has 0 radical (unpaired) electrons. The minimum atomic E-state index is -0.519. The molecule has 0 saturated heterocycles. The molecule has 2 aliphatic rings. The summed E-state index contributed by atoms with van der Waals surface area (Å²) in [5, 5.41) is 0. The van der Waals surface area contributed by atoms with Crippen LogP contribution >= 0.6 is 0 Å². The zero-order valence-electron chi connectivity index (χ0n) is 33.3. The van der Waals surface area contributed by atoms with Crippen LogP contribution in [0.25, 0.3) is 89.5 Å². The van der Waals surface area contributed by atoms with Crippen molar-refractivity contribution in [2.45, 2.75) is 5.41 Å². The average molecular weight is 775 g/mol. The van der Waals surface area contributed by atoms with E-state index in [1.54, 1.807) is 0 Å². The van der Waals surface area contributed by atoms with Crippen LogP contribution in [0, 0.1) is 0 Å². The smallest absolute Gasteiger partial charge is 0.160 e. The number of hydrogen-bond donors (Lipinski definition) is 0. The van der Waals surface area contributed by atoms with Gasteiger partial charge in [-0.15, -0.1) is 0 Å². The molecule has 0 atom stereocenters. The van der Waals surface area contributed by atoms with E-state index >= 15 is 0 Å². The first-order chi connectivity index (χ1) is 30.2. The van der Waals surface area contributed by atoms with Crippen LogP contribution in [0.1, 0.15) is 22.3 Å². The normalized spacial score (nSPS) is 12.7. The Kier molecular flexibility index (Phi) is 8.11. The van der Waals surface area contributed by atoms with Crippen molar-refractivity contribution in [2.75, 3.05) is 0 Å². The van der Waals surface area contributed by atoms with Gasteiger partial charge in [-0.2, -0.15) is 0 Å². The van der Waals surface area contributed by atoms with E-state index in [1.165, 1.54) is 66.8 Å². The third-order valence-electron chi connectivity index (χ3n) is 12.7. The summed E-state index contributed by atoms with van der Waals surface area (Å²) in [4.78, 5) is 10.2. The molecule has 1 heterocycles. The molecule has 2 heteroatoms. The Morgan fingerprint density at radius 1 is 0.230 bits per heavy atom. The second-order valence-electron chi connectivity index (χ2n) is 16.0. The zero-order chi connectivity index (χ0) is 40.3. The lowest BCUT2D eigenvalue weighted by atomic mass is 9.65. The van der Waals surface area contributed by atoms with Crippen LogP contribution in [0.3, 0.4) is 0 Å². The largest absolute Gasteiger partial charge is 0.228 e. The van der Waals surface area contributed by atoms with E-state index in [2.05, 4.69) is 206 Å². The Hall–Kier alpha value is -7.94. The van der Waals surface area contributed by atoms with Gasteiger partial charge >= 0.3 is 0 Å². The Labute approximate surface area is 356 Å². The summed E-state index contributed by atoms with van der Waals surface area (Å²) in [5.41, 5.74) is 22.0. The molecular weight excluding hydrogens is 737 g/mol. The maximum absolute atomic E-state index is 5.13.